The minimum Gasteiger partial charge on any atom is -0.490 e. The normalized spacial score (nSPS) is 15.5. The van der Waals surface area contributed by atoms with Crippen LogP contribution in [0, 0.1) is 11.3 Å². The van der Waals surface area contributed by atoms with Gasteiger partial charge < -0.3 is 4.74 Å². The first kappa shape index (κ1) is 10.8. The minimum atomic E-state index is 0.320. The molecule has 0 saturated heterocycles. The van der Waals surface area contributed by atoms with Crippen LogP contribution in [0.15, 0.2) is 16.6 Å². The van der Waals surface area contributed by atoms with E-state index in [1.165, 1.54) is 6.42 Å². The number of ether oxygens (including phenoxy) is 1. The van der Waals surface area contributed by atoms with Crippen LogP contribution in [0.1, 0.15) is 24.8 Å². The first-order valence-electron chi connectivity index (χ1n) is 4.76. The Kier molecular flexibility index (Phi) is 3.18. The molecule has 4 heteroatoms. The van der Waals surface area contributed by atoms with E-state index in [1.807, 2.05) is 6.07 Å². The summed E-state index contributed by atoms with van der Waals surface area (Å²) in [7, 11) is 0. The Morgan fingerprint density at radius 2 is 2.20 bits per heavy atom. The van der Waals surface area contributed by atoms with Gasteiger partial charge in [0.05, 0.1) is 16.7 Å². The van der Waals surface area contributed by atoms with Gasteiger partial charge in [-0.15, -0.1) is 0 Å². The van der Waals surface area contributed by atoms with Crippen LogP contribution in [0.4, 0.5) is 0 Å². The Morgan fingerprint density at radius 1 is 1.47 bits per heavy atom. The zero-order valence-corrected chi connectivity index (χ0v) is 10.3. The average Bonchev–Trinajstić information content (AvgIpc) is 2.11. The molecule has 0 unspecified atom stereocenters. The lowest BCUT2D eigenvalue weighted by Crippen LogP contribution is -2.24. The highest BCUT2D eigenvalue weighted by molar-refractivity contribution is 9.10. The summed E-state index contributed by atoms with van der Waals surface area (Å²) in [6.07, 6.45) is 3.77. The quantitative estimate of drug-likeness (QED) is 0.826. The molecule has 1 saturated carbocycles. The molecular weight excluding hydrogens is 277 g/mol. The topological polar surface area (TPSA) is 33.0 Å². The van der Waals surface area contributed by atoms with E-state index in [0.29, 0.717) is 21.2 Å². The van der Waals surface area contributed by atoms with Crippen molar-refractivity contribution in [2.45, 2.75) is 25.4 Å². The molecule has 15 heavy (non-hydrogen) atoms. The Bertz CT molecular complexity index is 400. The van der Waals surface area contributed by atoms with E-state index in [4.69, 9.17) is 21.6 Å². The second-order valence-electron chi connectivity index (χ2n) is 3.54. The molecule has 1 aromatic carbocycles. The third-order valence-electron chi connectivity index (χ3n) is 2.48. The summed E-state index contributed by atoms with van der Waals surface area (Å²) < 4.78 is 6.37. The maximum atomic E-state index is 8.82. The summed E-state index contributed by atoms with van der Waals surface area (Å²) in [6, 6.07) is 5.53. The van der Waals surface area contributed by atoms with Crippen LogP contribution >= 0.6 is 27.5 Å². The molecule has 0 atom stereocenters. The molecule has 0 spiro atoms. The number of rotatable bonds is 2. The van der Waals surface area contributed by atoms with E-state index in [1.54, 1.807) is 12.1 Å². The molecule has 2 rings (SSSR count). The number of benzene rings is 1. The summed E-state index contributed by atoms with van der Waals surface area (Å²) in [6.45, 7) is 0. The SMILES string of the molecule is N#Cc1c(Cl)cc(OC2CCC2)cc1Br. The lowest BCUT2D eigenvalue weighted by atomic mass is 9.96. The number of nitriles is 1. The van der Waals surface area contributed by atoms with Crippen LogP contribution in [0.3, 0.4) is 0 Å². The maximum Gasteiger partial charge on any atom is 0.122 e. The smallest absolute Gasteiger partial charge is 0.122 e. The van der Waals surface area contributed by atoms with Crippen molar-refractivity contribution in [2.24, 2.45) is 0 Å². The lowest BCUT2D eigenvalue weighted by Gasteiger charge is -2.26. The first-order chi connectivity index (χ1) is 7.20. The standard InChI is InChI=1S/C11H9BrClNO/c12-10-4-8(15-7-2-1-3-7)5-11(13)9(10)6-14/h4-5,7H,1-3H2. The molecule has 78 valence electrons. The van der Waals surface area contributed by atoms with Gasteiger partial charge in [0.15, 0.2) is 0 Å². The second kappa shape index (κ2) is 4.42. The van der Waals surface area contributed by atoms with Crippen molar-refractivity contribution in [3.05, 3.63) is 27.2 Å². The molecular formula is C11H9BrClNO. The Hall–Kier alpha value is -0.720. The number of halogens is 2. The van der Waals surface area contributed by atoms with Gasteiger partial charge in [-0.25, -0.2) is 0 Å². The van der Waals surface area contributed by atoms with Gasteiger partial charge in [0.2, 0.25) is 0 Å². The average molecular weight is 287 g/mol. The summed E-state index contributed by atoms with van der Waals surface area (Å²) in [5.74, 6) is 0.732. The molecule has 2 nitrogen and oxygen atoms in total. The van der Waals surface area contributed by atoms with Crippen molar-refractivity contribution in [1.29, 1.82) is 5.26 Å². The van der Waals surface area contributed by atoms with Crippen LogP contribution in [-0.2, 0) is 0 Å². The molecule has 1 aliphatic rings. The van der Waals surface area contributed by atoms with E-state index in [-0.39, 0.29) is 0 Å². The van der Waals surface area contributed by atoms with Crippen molar-refractivity contribution in [3.8, 4) is 11.8 Å². The second-order valence-corrected chi connectivity index (χ2v) is 4.81. The van der Waals surface area contributed by atoms with Crippen molar-refractivity contribution in [1.82, 2.24) is 0 Å². The van der Waals surface area contributed by atoms with Crippen LogP contribution in [0.2, 0.25) is 5.02 Å². The highest BCUT2D eigenvalue weighted by atomic mass is 79.9. The van der Waals surface area contributed by atoms with Gasteiger partial charge >= 0.3 is 0 Å². The van der Waals surface area contributed by atoms with Crippen molar-refractivity contribution in [2.75, 3.05) is 0 Å². The maximum absolute atomic E-state index is 8.82. The monoisotopic (exact) mass is 285 g/mol. The van der Waals surface area contributed by atoms with Crippen LogP contribution in [-0.4, -0.2) is 6.10 Å². The van der Waals surface area contributed by atoms with E-state index < -0.39 is 0 Å². The summed E-state index contributed by atoms with van der Waals surface area (Å²) in [4.78, 5) is 0. The van der Waals surface area contributed by atoms with Gasteiger partial charge in [-0.3, -0.25) is 0 Å². The Labute approximate surface area is 102 Å². The molecule has 0 amide bonds. The zero-order valence-electron chi connectivity index (χ0n) is 7.96. The molecule has 1 fully saturated rings. The molecule has 0 bridgehead atoms. The van der Waals surface area contributed by atoms with E-state index in [9.17, 15) is 0 Å². The van der Waals surface area contributed by atoms with Crippen LogP contribution in [0.25, 0.3) is 0 Å². The number of hydrogen-bond donors (Lipinski definition) is 0. The van der Waals surface area contributed by atoms with Gasteiger partial charge in [-0.05, 0) is 41.3 Å². The predicted molar refractivity (Wildman–Crippen MR) is 62.1 cm³/mol. The molecule has 0 radical (unpaired) electrons. The summed E-state index contributed by atoms with van der Waals surface area (Å²) in [5, 5.41) is 9.26. The van der Waals surface area contributed by atoms with Gasteiger partial charge in [0.1, 0.15) is 11.8 Å². The van der Waals surface area contributed by atoms with Crippen molar-refractivity contribution in [3.63, 3.8) is 0 Å². The Morgan fingerprint density at radius 3 is 2.67 bits per heavy atom. The highest BCUT2D eigenvalue weighted by Gasteiger charge is 2.19. The largest absolute Gasteiger partial charge is 0.490 e. The van der Waals surface area contributed by atoms with Gasteiger partial charge in [0, 0.05) is 10.5 Å². The van der Waals surface area contributed by atoms with E-state index in [2.05, 4.69) is 15.9 Å². The van der Waals surface area contributed by atoms with E-state index in [0.717, 1.165) is 18.6 Å². The third-order valence-corrected chi connectivity index (χ3v) is 3.41. The van der Waals surface area contributed by atoms with Gasteiger partial charge in [-0.1, -0.05) is 11.6 Å². The molecule has 0 N–H and O–H groups in total. The fraction of sp³-hybridized carbons (Fsp3) is 0.364. The van der Waals surface area contributed by atoms with Crippen molar-refractivity contribution >= 4 is 27.5 Å². The molecule has 1 aromatic rings. The van der Waals surface area contributed by atoms with E-state index >= 15 is 0 Å². The van der Waals surface area contributed by atoms with Crippen molar-refractivity contribution < 1.29 is 4.74 Å². The number of nitrogens with zero attached hydrogens (tertiary/aromatic N) is 1. The fourth-order valence-electron chi connectivity index (χ4n) is 1.41. The number of hydrogen-bond acceptors (Lipinski definition) is 2. The Balaban J connectivity index is 2.23. The molecule has 0 heterocycles. The molecule has 0 aromatic heterocycles. The van der Waals surface area contributed by atoms with Crippen LogP contribution in [0.5, 0.6) is 5.75 Å². The van der Waals surface area contributed by atoms with Gasteiger partial charge in [0.25, 0.3) is 0 Å². The lowest BCUT2D eigenvalue weighted by molar-refractivity contribution is 0.120. The third kappa shape index (κ3) is 2.27. The molecule has 1 aliphatic carbocycles. The van der Waals surface area contributed by atoms with Crippen LogP contribution < -0.4 is 4.74 Å². The summed E-state index contributed by atoms with van der Waals surface area (Å²) >= 11 is 9.25. The summed E-state index contributed by atoms with van der Waals surface area (Å²) in [5.41, 5.74) is 0.456. The van der Waals surface area contributed by atoms with Gasteiger partial charge in [-0.2, -0.15) is 5.26 Å². The predicted octanol–water partition coefficient (Wildman–Crippen LogP) is 3.91. The highest BCUT2D eigenvalue weighted by Crippen LogP contribution is 2.32. The minimum absolute atomic E-state index is 0.320. The first-order valence-corrected chi connectivity index (χ1v) is 5.93. The zero-order chi connectivity index (χ0) is 10.8. The molecule has 0 aliphatic heterocycles. The fourth-order valence-corrected chi connectivity index (χ4v) is 2.30.